The lowest BCUT2D eigenvalue weighted by molar-refractivity contribution is 0.0951. The Bertz CT molecular complexity index is 608. The molecule has 0 spiro atoms. The number of carbonyl (C=O) groups is 1. The Balaban J connectivity index is 2.08. The molecule has 0 aliphatic heterocycles. The van der Waals surface area contributed by atoms with Crippen LogP contribution in [-0.4, -0.2) is 10.9 Å². The molecule has 3 N–H and O–H groups in total. The number of nitrogen functional groups attached to an aromatic ring is 1. The van der Waals surface area contributed by atoms with Crippen molar-refractivity contribution in [1.29, 1.82) is 0 Å². The maximum Gasteiger partial charge on any atom is 0.251 e. The number of carbonyl (C=O) groups excluding carboxylic acids is 1. The van der Waals surface area contributed by atoms with Gasteiger partial charge in [-0.05, 0) is 29.7 Å². The van der Waals surface area contributed by atoms with E-state index in [4.69, 9.17) is 17.3 Å². The van der Waals surface area contributed by atoms with Crippen molar-refractivity contribution in [1.82, 2.24) is 10.3 Å². The van der Waals surface area contributed by atoms with Crippen molar-refractivity contribution in [3.05, 3.63) is 58.2 Å². The third-order valence-corrected chi connectivity index (χ3v) is 3.21. The quantitative estimate of drug-likeness (QED) is 0.851. The molecule has 104 valence electrons. The zero-order valence-electron chi connectivity index (χ0n) is 11.2. The lowest BCUT2D eigenvalue weighted by Crippen LogP contribution is -2.23. The van der Waals surface area contributed by atoms with Gasteiger partial charge in [0.25, 0.3) is 5.91 Å². The van der Waals surface area contributed by atoms with Crippen LogP contribution in [0.25, 0.3) is 0 Å². The molecule has 0 saturated heterocycles. The number of halogens is 1. The topological polar surface area (TPSA) is 68.0 Å². The number of nitrogens with one attached hydrogen (secondary N) is 1. The summed E-state index contributed by atoms with van der Waals surface area (Å²) in [6.07, 6.45) is 0.931. The first kappa shape index (κ1) is 14.3. The summed E-state index contributed by atoms with van der Waals surface area (Å²) in [6.45, 7) is 2.56. The predicted molar refractivity (Wildman–Crippen MR) is 80.6 cm³/mol. The number of aryl methyl sites for hydroxylation is 1. The number of nitrogens with zero attached hydrogens (tertiary/aromatic N) is 1. The second-order valence-electron chi connectivity index (χ2n) is 4.41. The van der Waals surface area contributed by atoms with E-state index in [9.17, 15) is 4.79 Å². The normalized spacial score (nSPS) is 10.3. The Morgan fingerprint density at radius 1 is 1.30 bits per heavy atom. The molecule has 2 rings (SSSR count). The average molecular weight is 290 g/mol. The monoisotopic (exact) mass is 289 g/mol. The standard InChI is InChI=1S/C15H16ClN3O/c1-2-10-5-3-4-6-11(10)9-18-15(20)12-7-13(16)19-14(17)8-12/h3-8H,2,9H2,1H3,(H2,17,19)(H,18,20). The summed E-state index contributed by atoms with van der Waals surface area (Å²) in [5.41, 5.74) is 8.32. The molecule has 20 heavy (non-hydrogen) atoms. The molecule has 0 aliphatic rings. The van der Waals surface area contributed by atoms with Crippen LogP contribution in [0.3, 0.4) is 0 Å². The first-order chi connectivity index (χ1) is 9.60. The van der Waals surface area contributed by atoms with Crippen molar-refractivity contribution in [3.63, 3.8) is 0 Å². The highest BCUT2D eigenvalue weighted by Crippen LogP contribution is 2.13. The zero-order chi connectivity index (χ0) is 14.5. The van der Waals surface area contributed by atoms with Crippen molar-refractivity contribution in [2.24, 2.45) is 0 Å². The second-order valence-corrected chi connectivity index (χ2v) is 4.80. The molecule has 0 radical (unpaired) electrons. The van der Waals surface area contributed by atoms with Gasteiger partial charge in [0, 0.05) is 12.1 Å². The van der Waals surface area contributed by atoms with Gasteiger partial charge in [-0.25, -0.2) is 4.98 Å². The van der Waals surface area contributed by atoms with Crippen molar-refractivity contribution in [3.8, 4) is 0 Å². The van der Waals surface area contributed by atoms with Crippen molar-refractivity contribution in [2.45, 2.75) is 19.9 Å². The highest BCUT2D eigenvalue weighted by Gasteiger charge is 2.09. The highest BCUT2D eigenvalue weighted by molar-refractivity contribution is 6.29. The smallest absolute Gasteiger partial charge is 0.251 e. The number of hydrogen-bond donors (Lipinski definition) is 2. The van der Waals surface area contributed by atoms with Crippen LogP contribution in [0.2, 0.25) is 5.15 Å². The number of hydrogen-bond acceptors (Lipinski definition) is 3. The molecule has 0 bridgehead atoms. The predicted octanol–water partition coefficient (Wildman–Crippen LogP) is 2.81. The highest BCUT2D eigenvalue weighted by atomic mass is 35.5. The molecule has 1 aromatic carbocycles. The molecule has 0 atom stereocenters. The molecule has 0 aliphatic carbocycles. The van der Waals surface area contributed by atoms with Crippen molar-refractivity contribution >= 4 is 23.3 Å². The van der Waals surface area contributed by atoms with Gasteiger partial charge in [0.15, 0.2) is 0 Å². The van der Waals surface area contributed by atoms with Gasteiger partial charge in [0.2, 0.25) is 0 Å². The Morgan fingerprint density at radius 3 is 2.65 bits per heavy atom. The molecule has 5 heteroatoms. The van der Waals surface area contributed by atoms with Crippen LogP contribution >= 0.6 is 11.6 Å². The van der Waals surface area contributed by atoms with Crippen LogP contribution in [0.4, 0.5) is 5.82 Å². The minimum Gasteiger partial charge on any atom is -0.384 e. The van der Waals surface area contributed by atoms with Crippen LogP contribution in [0, 0.1) is 0 Å². The van der Waals surface area contributed by atoms with Crippen molar-refractivity contribution < 1.29 is 4.79 Å². The lowest BCUT2D eigenvalue weighted by Gasteiger charge is -2.09. The fraction of sp³-hybridized carbons (Fsp3) is 0.200. The van der Waals surface area contributed by atoms with Gasteiger partial charge in [-0.3, -0.25) is 4.79 Å². The summed E-state index contributed by atoms with van der Waals surface area (Å²) in [5.74, 6) is 0.0171. The number of aromatic nitrogens is 1. The zero-order valence-corrected chi connectivity index (χ0v) is 11.9. The van der Waals surface area contributed by atoms with Gasteiger partial charge in [0.05, 0.1) is 0 Å². The van der Waals surface area contributed by atoms with Gasteiger partial charge in [-0.15, -0.1) is 0 Å². The molecule has 2 aromatic rings. The maximum atomic E-state index is 12.1. The van der Waals surface area contributed by atoms with Crippen LogP contribution in [0.5, 0.6) is 0 Å². The Morgan fingerprint density at radius 2 is 2.00 bits per heavy atom. The van der Waals surface area contributed by atoms with E-state index in [1.54, 1.807) is 0 Å². The van der Waals surface area contributed by atoms with E-state index in [0.29, 0.717) is 12.1 Å². The third-order valence-electron chi connectivity index (χ3n) is 3.01. The van der Waals surface area contributed by atoms with Crippen LogP contribution in [0.15, 0.2) is 36.4 Å². The Kier molecular flexibility index (Phi) is 4.58. The largest absolute Gasteiger partial charge is 0.384 e. The molecule has 1 amide bonds. The summed E-state index contributed by atoms with van der Waals surface area (Å²) in [4.78, 5) is 15.9. The first-order valence-corrected chi connectivity index (χ1v) is 6.76. The summed E-state index contributed by atoms with van der Waals surface area (Å²) >= 11 is 5.79. The fourth-order valence-corrected chi connectivity index (χ4v) is 2.22. The number of rotatable bonds is 4. The molecular formula is C15H16ClN3O. The van der Waals surface area contributed by atoms with E-state index in [2.05, 4.69) is 23.3 Å². The number of pyridine rings is 1. The van der Waals surface area contributed by atoms with Gasteiger partial charge >= 0.3 is 0 Å². The van der Waals surface area contributed by atoms with Crippen LogP contribution in [-0.2, 0) is 13.0 Å². The summed E-state index contributed by atoms with van der Waals surface area (Å²) < 4.78 is 0. The number of nitrogens with two attached hydrogens (primary N) is 1. The van der Waals surface area contributed by atoms with Gasteiger partial charge in [-0.1, -0.05) is 42.8 Å². The molecule has 0 fully saturated rings. The average Bonchev–Trinajstić information content (AvgIpc) is 2.44. The summed E-state index contributed by atoms with van der Waals surface area (Å²) in [5, 5.41) is 3.08. The first-order valence-electron chi connectivity index (χ1n) is 6.38. The van der Waals surface area contributed by atoms with E-state index in [-0.39, 0.29) is 16.9 Å². The summed E-state index contributed by atoms with van der Waals surface area (Å²) in [7, 11) is 0. The van der Waals surface area contributed by atoms with E-state index in [0.717, 1.165) is 12.0 Å². The Hall–Kier alpha value is -2.07. The molecule has 1 aromatic heterocycles. The lowest BCUT2D eigenvalue weighted by atomic mass is 10.1. The van der Waals surface area contributed by atoms with E-state index in [1.807, 2.05) is 18.2 Å². The second kappa shape index (κ2) is 6.39. The van der Waals surface area contributed by atoms with Crippen molar-refractivity contribution in [2.75, 3.05) is 5.73 Å². The van der Waals surface area contributed by atoms with E-state index in [1.165, 1.54) is 17.7 Å². The van der Waals surface area contributed by atoms with Gasteiger partial charge in [-0.2, -0.15) is 0 Å². The minimum absolute atomic E-state index is 0.212. The molecule has 0 unspecified atom stereocenters. The van der Waals surface area contributed by atoms with E-state index < -0.39 is 0 Å². The maximum absolute atomic E-state index is 12.1. The molecular weight excluding hydrogens is 274 g/mol. The number of amides is 1. The summed E-state index contributed by atoms with van der Waals surface area (Å²) in [6, 6.07) is 11.0. The molecule has 4 nitrogen and oxygen atoms in total. The fourth-order valence-electron chi connectivity index (χ4n) is 2.00. The van der Waals surface area contributed by atoms with Crippen LogP contribution in [0.1, 0.15) is 28.4 Å². The van der Waals surface area contributed by atoms with Crippen LogP contribution < -0.4 is 11.1 Å². The van der Waals surface area contributed by atoms with Gasteiger partial charge in [0.1, 0.15) is 11.0 Å². The van der Waals surface area contributed by atoms with Gasteiger partial charge < -0.3 is 11.1 Å². The molecule has 1 heterocycles. The SMILES string of the molecule is CCc1ccccc1CNC(=O)c1cc(N)nc(Cl)c1. The van der Waals surface area contributed by atoms with E-state index >= 15 is 0 Å². The number of anilines is 1. The molecule has 0 saturated carbocycles. The number of benzene rings is 1. The Labute approximate surface area is 123 Å². The third kappa shape index (κ3) is 3.48. The minimum atomic E-state index is -0.216.